The average molecular weight is 265 g/mol. The minimum absolute atomic E-state index is 0.300. The molecule has 0 aliphatic rings. The number of hydrogen-bond acceptors (Lipinski definition) is 3. The summed E-state index contributed by atoms with van der Waals surface area (Å²) in [6.45, 7) is 1.82. The molecule has 0 spiro atoms. The first-order valence-electron chi connectivity index (χ1n) is 6.32. The standard InChI is InChI=1S/C14H19NO4/c1-2-3-4-10-5-7-11(8-6-10)13(17)15-9-12(16)14(18)19/h5-8,12,16H,2-4,9H2,1H3,(H,15,17)(H,18,19)/t12-/m0/s1. The number of hydrogen-bond donors (Lipinski definition) is 3. The maximum absolute atomic E-state index is 11.7. The Labute approximate surface area is 112 Å². The molecule has 3 N–H and O–H groups in total. The normalized spacial score (nSPS) is 11.9. The molecule has 0 unspecified atom stereocenters. The molecule has 1 atom stereocenters. The Bertz CT molecular complexity index is 428. The predicted octanol–water partition coefficient (Wildman–Crippen LogP) is 1.20. The number of unbranched alkanes of at least 4 members (excludes halogenated alkanes) is 1. The molecule has 1 rings (SSSR count). The van der Waals surface area contributed by atoms with Gasteiger partial charge >= 0.3 is 5.97 Å². The second-order valence-electron chi connectivity index (χ2n) is 4.36. The van der Waals surface area contributed by atoms with Gasteiger partial charge in [0.15, 0.2) is 6.10 Å². The van der Waals surface area contributed by atoms with Gasteiger partial charge in [-0.25, -0.2) is 4.79 Å². The van der Waals surface area contributed by atoms with E-state index in [0.29, 0.717) is 5.56 Å². The molecule has 0 aliphatic heterocycles. The number of carbonyl (C=O) groups is 2. The zero-order chi connectivity index (χ0) is 14.3. The second kappa shape index (κ2) is 7.53. The minimum Gasteiger partial charge on any atom is -0.479 e. The number of amides is 1. The number of aliphatic carboxylic acids is 1. The van der Waals surface area contributed by atoms with Gasteiger partial charge in [0.25, 0.3) is 5.91 Å². The molecule has 0 saturated carbocycles. The van der Waals surface area contributed by atoms with E-state index in [0.717, 1.165) is 19.3 Å². The number of rotatable bonds is 7. The van der Waals surface area contributed by atoms with Crippen LogP contribution in [0.1, 0.15) is 35.7 Å². The third-order valence-electron chi connectivity index (χ3n) is 2.78. The smallest absolute Gasteiger partial charge is 0.334 e. The zero-order valence-electron chi connectivity index (χ0n) is 10.9. The number of aryl methyl sites for hydroxylation is 1. The molecule has 1 aromatic carbocycles. The van der Waals surface area contributed by atoms with Gasteiger partial charge in [-0.05, 0) is 30.5 Å². The molecule has 0 radical (unpaired) electrons. The van der Waals surface area contributed by atoms with E-state index in [4.69, 9.17) is 10.2 Å². The van der Waals surface area contributed by atoms with Crippen molar-refractivity contribution in [2.45, 2.75) is 32.3 Å². The molecule has 19 heavy (non-hydrogen) atoms. The van der Waals surface area contributed by atoms with Gasteiger partial charge in [0, 0.05) is 5.56 Å². The first-order valence-corrected chi connectivity index (χ1v) is 6.32. The summed E-state index contributed by atoms with van der Waals surface area (Å²) in [5.41, 5.74) is 1.63. The third kappa shape index (κ3) is 5.09. The third-order valence-corrected chi connectivity index (χ3v) is 2.78. The van der Waals surface area contributed by atoms with Crippen LogP contribution in [-0.2, 0) is 11.2 Å². The largest absolute Gasteiger partial charge is 0.479 e. The van der Waals surface area contributed by atoms with Crippen LogP contribution in [0.4, 0.5) is 0 Å². The molecule has 1 aromatic rings. The first-order chi connectivity index (χ1) is 9.04. The summed E-state index contributed by atoms with van der Waals surface area (Å²) < 4.78 is 0. The number of carboxylic acid groups (broad SMARTS) is 1. The molecule has 0 saturated heterocycles. The van der Waals surface area contributed by atoms with E-state index in [-0.39, 0.29) is 12.5 Å². The van der Waals surface area contributed by atoms with Crippen LogP contribution in [0.25, 0.3) is 0 Å². The van der Waals surface area contributed by atoms with Crippen molar-refractivity contribution in [3.8, 4) is 0 Å². The predicted molar refractivity (Wildman–Crippen MR) is 71.0 cm³/mol. The van der Waals surface area contributed by atoms with Gasteiger partial charge in [-0.2, -0.15) is 0 Å². The first kappa shape index (κ1) is 15.2. The molecule has 5 nitrogen and oxygen atoms in total. The Morgan fingerprint density at radius 1 is 1.26 bits per heavy atom. The van der Waals surface area contributed by atoms with Crippen molar-refractivity contribution < 1.29 is 19.8 Å². The second-order valence-corrected chi connectivity index (χ2v) is 4.36. The Morgan fingerprint density at radius 2 is 1.89 bits per heavy atom. The highest BCUT2D eigenvalue weighted by Gasteiger charge is 2.14. The van der Waals surface area contributed by atoms with Crippen LogP contribution in [0.15, 0.2) is 24.3 Å². The Balaban J connectivity index is 2.51. The summed E-state index contributed by atoms with van der Waals surface area (Å²) in [5, 5.41) is 19.9. The lowest BCUT2D eigenvalue weighted by Crippen LogP contribution is -2.36. The van der Waals surface area contributed by atoms with Crippen LogP contribution >= 0.6 is 0 Å². The quantitative estimate of drug-likeness (QED) is 0.691. The van der Waals surface area contributed by atoms with E-state index in [2.05, 4.69) is 12.2 Å². The van der Waals surface area contributed by atoms with Crippen LogP contribution in [0.5, 0.6) is 0 Å². The summed E-state index contributed by atoms with van der Waals surface area (Å²) in [7, 11) is 0. The summed E-state index contributed by atoms with van der Waals surface area (Å²) in [5.74, 6) is -1.74. The van der Waals surface area contributed by atoms with Crippen molar-refractivity contribution in [2.24, 2.45) is 0 Å². The number of benzene rings is 1. The lowest BCUT2D eigenvalue weighted by molar-refractivity contribution is -0.146. The highest BCUT2D eigenvalue weighted by Crippen LogP contribution is 2.07. The average Bonchev–Trinajstić information content (AvgIpc) is 2.42. The van der Waals surface area contributed by atoms with E-state index < -0.39 is 12.1 Å². The Morgan fingerprint density at radius 3 is 2.42 bits per heavy atom. The van der Waals surface area contributed by atoms with Gasteiger partial charge in [-0.3, -0.25) is 4.79 Å². The van der Waals surface area contributed by atoms with Crippen molar-refractivity contribution in [3.63, 3.8) is 0 Å². The van der Waals surface area contributed by atoms with E-state index in [1.165, 1.54) is 5.56 Å². The molecule has 1 amide bonds. The Kier molecular flexibility index (Phi) is 6.02. The van der Waals surface area contributed by atoms with Crippen LogP contribution in [0.3, 0.4) is 0 Å². The van der Waals surface area contributed by atoms with Crippen molar-refractivity contribution in [1.82, 2.24) is 5.32 Å². The van der Waals surface area contributed by atoms with Crippen molar-refractivity contribution >= 4 is 11.9 Å². The lowest BCUT2D eigenvalue weighted by atomic mass is 10.1. The maximum atomic E-state index is 11.7. The van der Waals surface area contributed by atoms with Crippen molar-refractivity contribution in [2.75, 3.05) is 6.54 Å². The van der Waals surface area contributed by atoms with Crippen molar-refractivity contribution in [1.29, 1.82) is 0 Å². The molecule has 0 fully saturated rings. The number of aliphatic hydroxyl groups is 1. The van der Waals surface area contributed by atoms with Gasteiger partial charge in [-0.1, -0.05) is 25.5 Å². The molecular formula is C14H19NO4. The molecule has 0 heterocycles. The topological polar surface area (TPSA) is 86.6 Å². The number of carboxylic acids is 1. The van der Waals surface area contributed by atoms with Gasteiger partial charge in [0.2, 0.25) is 0 Å². The molecule has 0 aliphatic carbocycles. The van der Waals surface area contributed by atoms with Crippen LogP contribution in [0.2, 0.25) is 0 Å². The summed E-state index contributed by atoms with van der Waals surface area (Å²) in [6, 6.07) is 7.18. The minimum atomic E-state index is -1.58. The molecule has 104 valence electrons. The highest BCUT2D eigenvalue weighted by molar-refractivity contribution is 5.94. The van der Waals surface area contributed by atoms with Gasteiger partial charge in [-0.15, -0.1) is 0 Å². The summed E-state index contributed by atoms with van der Waals surface area (Å²) in [4.78, 5) is 22.1. The number of carbonyl (C=O) groups excluding carboxylic acids is 1. The zero-order valence-corrected chi connectivity index (χ0v) is 10.9. The lowest BCUT2D eigenvalue weighted by Gasteiger charge is -2.08. The van der Waals surface area contributed by atoms with E-state index >= 15 is 0 Å². The van der Waals surface area contributed by atoms with E-state index in [1.54, 1.807) is 12.1 Å². The molecule has 5 heteroatoms. The van der Waals surface area contributed by atoms with Gasteiger partial charge in [0.05, 0.1) is 6.54 Å². The fourth-order valence-electron chi connectivity index (χ4n) is 1.58. The molecule has 0 bridgehead atoms. The summed E-state index contributed by atoms with van der Waals surface area (Å²) >= 11 is 0. The molecule has 0 aromatic heterocycles. The summed E-state index contributed by atoms with van der Waals surface area (Å²) in [6.07, 6.45) is 1.63. The fourth-order valence-corrected chi connectivity index (χ4v) is 1.58. The van der Waals surface area contributed by atoms with E-state index in [9.17, 15) is 9.59 Å². The van der Waals surface area contributed by atoms with Crippen molar-refractivity contribution in [3.05, 3.63) is 35.4 Å². The Hall–Kier alpha value is -1.88. The number of nitrogens with one attached hydrogen (secondary N) is 1. The SMILES string of the molecule is CCCCc1ccc(C(=O)NC[C@H](O)C(=O)O)cc1. The van der Waals surface area contributed by atoms with Gasteiger partial charge < -0.3 is 15.5 Å². The molecular weight excluding hydrogens is 246 g/mol. The van der Waals surface area contributed by atoms with Crippen LogP contribution < -0.4 is 5.32 Å². The highest BCUT2D eigenvalue weighted by atomic mass is 16.4. The number of aliphatic hydroxyl groups excluding tert-OH is 1. The van der Waals surface area contributed by atoms with E-state index in [1.807, 2.05) is 12.1 Å². The fraction of sp³-hybridized carbons (Fsp3) is 0.429. The van der Waals surface area contributed by atoms with Gasteiger partial charge in [0.1, 0.15) is 0 Å². The van der Waals surface area contributed by atoms with Crippen LogP contribution in [0, 0.1) is 0 Å². The maximum Gasteiger partial charge on any atom is 0.334 e. The monoisotopic (exact) mass is 265 g/mol. The van der Waals surface area contributed by atoms with Crippen LogP contribution in [-0.4, -0.2) is 34.7 Å².